The van der Waals surface area contributed by atoms with E-state index < -0.39 is 0 Å². The van der Waals surface area contributed by atoms with Crippen LogP contribution in [0.15, 0.2) is 115 Å². The summed E-state index contributed by atoms with van der Waals surface area (Å²) in [6.45, 7) is 0. The van der Waals surface area contributed by atoms with Crippen LogP contribution in [0.5, 0.6) is 0 Å². The number of nitrogens with zero attached hydrogens (tertiary/aromatic N) is 3. The molecule has 0 aliphatic heterocycles. The van der Waals surface area contributed by atoms with E-state index in [-0.39, 0.29) is 0 Å². The van der Waals surface area contributed by atoms with E-state index in [0.29, 0.717) is 5.95 Å². The summed E-state index contributed by atoms with van der Waals surface area (Å²) in [7, 11) is 0. The Morgan fingerprint density at radius 3 is 1.82 bits per heavy atom. The topological polar surface area (TPSA) is 30.7 Å². The maximum absolute atomic E-state index is 5.37. The Morgan fingerprint density at radius 2 is 1.08 bits per heavy atom. The lowest BCUT2D eigenvalue weighted by Crippen LogP contribution is -2.02. The van der Waals surface area contributed by atoms with Crippen molar-refractivity contribution in [1.29, 1.82) is 0 Å². The van der Waals surface area contributed by atoms with E-state index in [4.69, 9.17) is 9.97 Å². The predicted octanol–water partition coefficient (Wildman–Crippen LogP) is 9.98. The Kier molecular flexibility index (Phi) is 4.36. The summed E-state index contributed by atoms with van der Waals surface area (Å²) < 4.78 is 6.07. The number of hydrogen-bond donors (Lipinski definition) is 0. The largest absolute Gasteiger partial charge is 0.278 e. The molecule has 0 spiro atoms. The van der Waals surface area contributed by atoms with Gasteiger partial charge >= 0.3 is 0 Å². The molecule has 182 valence electrons. The highest BCUT2D eigenvalue weighted by molar-refractivity contribution is 7.27. The van der Waals surface area contributed by atoms with E-state index in [1.165, 1.54) is 41.0 Å². The smallest absolute Gasteiger partial charge is 0.236 e. The van der Waals surface area contributed by atoms with Gasteiger partial charge in [0.1, 0.15) is 4.83 Å². The van der Waals surface area contributed by atoms with Gasteiger partial charge in [0.25, 0.3) is 0 Å². The molecule has 0 unspecified atom stereocenters. The second-order valence-corrected chi connectivity index (χ2v) is 11.9. The average Bonchev–Trinajstić information content (AvgIpc) is 3.66. The van der Waals surface area contributed by atoms with Gasteiger partial charge in [-0.15, -0.1) is 22.7 Å². The molecule has 3 nitrogen and oxygen atoms in total. The van der Waals surface area contributed by atoms with Gasteiger partial charge < -0.3 is 0 Å². The third-order valence-corrected chi connectivity index (χ3v) is 9.84. The van der Waals surface area contributed by atoms with E-state index >= 15 is 0 Å². The Labute approximate surface area is 231 Å². The quantitative estimate of drug-likeness (QED) is 0.221. The van der Waals surface area contributed by atoms with Gasteiger partial charge in [-0.05, 0) is 30.3 Å². The van der Waals surface area contributed by atoms with E-state index in [1.807, 2.05) is 11.3 Å². The van der Waals surface area contributed by atoms with Crippen LogP contribution in [0.1, 0.15) is 0 Å². The first-order chi connectivity index (χ1) is 19.3. The van der Waals surface area contributed by atoms with Crippen molar-refractivity contribution in [3.05, 3.63) is 115 Å². The van der Waals surface area contributed by atoms with Crippen molar-refractivity contribution in [3.8, 4) is 17.2 Å². The minimum atomic E-state index is 0.705. The molecule has 0 amide bonds. The van der Waals surface area contributed by atoms with Gasteiger partial charge in [0, 0.05) is 52.0 Å². The first-order valence-electron chi connectivity index (χ1n) is 12.9. The van der Waals surface area contributed by atoms with Crippen molar-refractivity contribution < 1.29 is 0 Å². The number of benzene rings is 5. The molecule has 0 aliphatic rings. The van der Waals surface area contributed by atoms with Crippen LogP contribution in [0.2, 0.25) is 0 Å². The van der Waals surface area contributed by atoms with Crippen LogP contribution >= 0.6 is 22.7 Å². The standard InChI is InChI=1S/C34H19N3S2/c1-2-10-20(11-3-1)32-31-30-28(19-18-27-29(30)23-14-6-9-17-26(23)38-27)39-33(31)36-34(35-32)37-24-15-7-4-12-21(24)22-13-5-8-16-25(22)37/h1-19H. The average molecular weight is 534 g/mol. The lowest BCUT2D eigenvalue weighted by Gasteiger charge is -2.10. The third kappa shape index (κ3) is 2.97. The maximum Gasteiger partial charge on any atom is 0.236 e. The molecule has 0 radical (unpaired) electrons. The van der Waals surface area contributed by atoms with Gasteiger partial charge in [-0.1, -0.05) is 84.9 Å². The molecule has 4 heterocycles. The van der Waals surface area contributed by atoms with Gasteiger partial charge in [-0.25, -0.2) is 9.97 Å². The molecule has 0 saturated heterocycles. The monoisotopic (exact) mass is 533 g/mol. The molecule has 4 aromatic heterocycles. The first kappa shape index (κ1) is 21.4. The fourth-order valence-corrected chi connectivity index (χ4v) is 8.20. The predicted molar refractivity (Wildman–Crippen MR) is 168 cm³/mol. The molecule has 0 bridgehead atoms. The second-order valence-electron chi connectivity index (χ2n) is 9.80. The van der Waals surface area contributed by atoms with Crippen molar-refractivity contribution in [1.82, 2.24) is 14.5 Å². The number of fused-ring (bicyclic) bond motifs is 10. The van der Waals surface area contributed by atoms with Crippen molar-refractivity contribution >= 4 is 85.0 Å². The molecular weight excluding hydrogens is 515 g/mol. The zero-order valence-corrected chi connectivity index (χ0v) is 22.3. The maximum atomic E-state index is 5.37. The fourth-order valence-electron chi connectivity index (χ4n) is 6.01. The molecule has 5 aromatic carbocycles. The number of thiophene rings is 2. The van der Waals surface area contributed by atoms with Gasteiger partial charge in [0.2, 0.25) is 5.95 Å². The summed E-state index contributed by atoms with van der Waals surface area (Å²) in [5.74, 6) is 0.705. The van der Waals surface area contributed by atoms with Crippen LogP contribution in [0, 0.1) is 0 Å². The molecular formula is C34H19N3S2. The van der Waals surface area contributed by atoms with Crippen LogP contribution in [0.4, 0.5) is 0 Å². The molecule has 9 rings (SSSR count). The highest BCUT2D eigenvalue weighted by Crippen LogP contribution is 2.46. The van der Waals surface area contributed by atoms with Crippen LogP contribution < -0.4 is 0 Å². The second kappa shape index (κ2) is 7.96. The molecule has 0 atom stereocenters. The summed E-state index contributed by atoms with van der Waals surface area (Å²) in [4.78, 5) is 11.7. The highest BCUT2D eigenvalue weighted by Gasteiger charge is 2.22. The fraction of sp³-hybridized carbons (Fsp3) is 0. The summed E-state index contributed by atoms with van der Waals surface area (Å²) in [6.07, 6.45) is 0. The normalized spacial score (nSPS) is 12.1. The minimum absolute atomic E-state index is 0.705. The highest BCUT2D eigenvalue weighted by atomic mass is 32.1. The Bertz CT molecular complexity index is 2340. The molecule has 39 heavy (non-hydrogen) atoms. The van der Waals surface area contributed by atoms with Crippen molar-refractivity contribution in [2.24, 2.45) is 0 Å². The Morgan fingerprint density at radius 1 is 0.462 bits per heavy atom. The summed E-state index contributed by atoms with van der Waals surface area (Å²) in [5.41, 5.74) is 4.31. The van der Waals surface area contributed by atoms with Crippen molar-refractivity contribution in [2.45, 2.75) is 0 Å². The van der Waals surface area contributed by atoms with E-state index in [9.17, 15) is 0 Å². The van der Waals surface area contributed by atoms with Gasteiger partial charge in [0.05, 0.1) is 16.7 Å². The number of rotatable bonds is 2. The van der Waals surface area contributed by atoms with E-state index in [2.05, 4.69) is 120 Å². The summed E-state index contributed by atoms with van der Waals surface area (Å²) >= 11 is 3.61. The van der Waals surface area contributed by atoms with E-state index in [1.54, 1.807) is 11.3 Å². The van der Waals surface area contributed by atoms with Crippen LogP contribution in [0.25, 0.3) is 79.5 Å². The Balaban J connectivity index is 1.48. The lowest BCUT2D eigenvalue weighted by molar-refractivity contribution is 1.02. The number of hydrogen-bond acceptors (Lipinski definition) is 4. The zero-order valence-electron chi connectivity index (χ0n) is 20.6. The molecule has 0 fully saturated rings. The Hall–Kier alpha value is -4.58. The van der Waals surface area contributed by atoms with Crippen LogP contribution in [-0.2, 0) is 0 Å². The van der Waals surface area contributed by atoms with Gasteiger partial charge in [-0.2, -0.15) is 0 Å². The summed E-state index contributed by atoms with van der Waals surface area (Å²) in [6, 6.07) is 40.9. The minimum Gasteiger partial charge on any atom is -0.278 e. The van der Waals surface area contributed by atoms with Crippen molar-refractivity contribution in [3.63, 3.8) is 0 Å². The van der Waals surface area contributed by atoms with Crippen LogP contribution in [-0.4, -0.2) is 14.5 Å². The number of para-hydroxylation sites is 2. The molecule has 0 saturated carbocycles. The van der Waals surface area contributed by atoms with E-state index in [0.717, 1.165) is 32.5 Å². The van der Waals surface area contributed by atoms with Gasteiger partial charge in [-0.3, -0.25) is 4.57 Å². The molecule has 0 N–H and O–H groups in total. The number of aromatic nitrogens is 3. The first-order valence-corrected chi connectivity index (χ1v) is 14.6. The molecule has 9 aromatic rings. The molecule has 0 aliphatic carbocycles. The van der Waals surface area contributed by atoms with Gasteiger partial charge in [0.15, 0.2) is 0 Å². The van der Waals surface area contributed by atoms with Crippen LogP contribution in [0.3, 0.4) is 0 Å². The zero-order chi connectivity index (χ0) is 25.5. The third-order valence-electron chi connectivity index (χ3n) is 7.65. The summed E-state index contributed by atoms with van der Waals surface area (Å²) in [5, 5.41) is 7.43. The molecule has 5 heteroatoms. The SMILES string of the molecule is c1ccc(-c2nc(-n3c4ccccc4c4ccccc43)nc3sc4ccc5sc6ccccc6c5c4c23)cc1. The van der Waals surface area contributed by atoms with Crippen molar-refractivity contribution in [2.75, 3.05) is 0 Å². The lowest BCUT2D eigenvalue weighted by atomic mass is 10.0.